The fourth-order valence-electron chi connectivity index (χ4n) is 4.93. The Morgan fingerprint density at radius 3 is 2.20 bits per heavy atom. The second-order valence-electron chi connectivity index (χ2n) is 10.5. The van der Waals surface area contributed by atoms with Crippen molar-refractivity contribution in [3.8, 4) is 0 Å². The third kappa shape index (κ3) is 8.28. The number of amides is 2. The summed E-state index contributed by atoms with van der Waals surface area (Å²) in [6.07, 6.45) is 0.247. The summed E-state index contributed by atoms with van der Waals surface area (Å²) in [6.45, 7) is 5.37. The van der Waals surface area contributed by atoms with Crippen LogP contribution in [0.25, 0.3) is 0 Å². The molecule has 0 aromatic heterocycles. The lowest BCUT2D eigenvalue weighted by Gasteiger charge is -2.34. The predicted octanol–water partition coefficient (Wildman–Crippen LogP) is 6.69. The van der Waals surface area contributed by atoms with E-state index in [0.717, 1.165) is 25.5 Å². The molecule has 0 aliphatic carbocycles. The number of sulfonamides is 1. The molecule has 0 saturated carbocycles. The molecular weight excluding hydrogens is 662 g/mol. The van der Waals surface area contributed by atoms with Crippen molar-refractivity contribution < 1.29 is 18.0 Å². The third-order valence-corrected chi connectivity index (χ3v) is 9.68. The van der Waals surface area contributed by atoms with E-state index in [1.165, 1.54) is 17.0 Å². The molecule has 44 heavy (non-hydrogen) atoms. The number of aryl methyl sites for hydroxylation is 2. The topological polar surface area (TPSA) is 86.8 Å². The van der Waals surface area contributed by atoms with Crippen molar-refractivity contribution in [2.24, 2.45) is 0 Å². The number of likely N-dealkylation sites (N-methyl/N-ethyl adjacent to an activating group) is 1. The average Bonchev–Trinajstić information content (AvgIpc) is 2.99. The average molecular weight is 697 g/mol. The maximum Gasteiger partial charge on any atom is 0.264 e. The smallest absolute Gasteiger partial charge is 0.264 e. The van der Waals surface area contributed by atoms with Crippen LogP contribution >= 0.6 is 27.5 Å². The summed E-state index contributed by atoms with van der Waals surface area (Å²) >= 11 is 9.72. The number of rotatable bonds is 12. The molecule has 0 radical (unpaired) electrons. The van der Waals surface area contributed by atoms with E-state index in [0.29, 0.717) is 22.8 Å². The largest absolute Gasteiger partial charge is 0.355 e. The zero-order valence-electron chi connectivity index (χ0n) is 24.8. The molecule has 230 valence electrons. The molecule has 0 heterocycles. The van der Waals surface area contributed by atoms with Crippen LogP contribution in [0.5, 0.6) is 0 Å². The number of nitrogens with zero attached hydrogens (tertiary/aromatic N) is 2. The van der Waals surface area contributed by atoms with E-state index in [-0.39, 0.29) is 23.8 Å². The second kappa shape index (κ2) is 14.9. The number of nitrogens with one attached hydrogen (secondary N) is 1. The van der Waals surface area contributed by atoms with Gasteiger partial charge in [-0.2, -0.15) is 0 Å². The van der Waals surface area contributed by atoms with Gasteiger partial charge in [0.2, 0.25) is 11.8 Å². The summed E-state index contributed by atoms with van der Waals surface area (Å²) in [5.41, 5.74) is 3.46. The minimum Gasteiger partial charge on any atom is -0.355 e. The van der Waals surface area contributed by atoms with Gasteiger partial charge in [0.05, 0.1) is 10.6 Å². The van der Waals surface area contributed by atoms with Gasteiger partial charge in [0.15, 0.2) is 0 Å². The van der Waals surface area contributed by atoms with E-state index in [9.17, 15) is 18.0 Å². The molecule has 0 aliphatic rings. The Morgan fingerprint density at radius 2 is 1.57 bits per heavy atom. The molecule has 4 aromatic rings. The number of anilines is 1. The number of hydrogen-bond acceptors (Lipinski definition) is 4. The summed E-state index contributed by atoms with van der Waals surface area (Å²) in [5, 5.41) is 3.32. The Hall–Kier alpha value is -3.66. The quantitative estimate of drug-likeness (QED) is 0.179. The van der Waals surface area contributed by atoms with E-state index in [1.54, 1.807) is 37.3 Å². The lowest BCUT2D eigenvalue weighted by atomic mass is 10.0. The van der Waals surface area contributed by atoms with Gasteiger partial charge in [-0.05, 0) is 79.9 Å². The normalized spacial score (nSPS) is 11.9. The van der Waals surface area contributed by atoms with Crippen LogP contribution in [0, 0.1) is 13.8 Å². The minimum absolute atomic E-state index is 0.0494. The van der Waals surface area contributed by atoms with Gasteiger partial charge in [-0.1, -0.05) is 87.7 Å². The van der Waals surface area contributed by atoms with Crippen LogP contribution in [-0.2, 0) is 32.6 Å². The first-order chi connectivity index (χ1) is 21.0. The van der Waals surface area contributed by atoms with Crippen molar-refractivity contribution in [3.05, 3.63) is 129 Å². The highest BCUT2D eigenvalue weighted by Gasteiger charge is 2.35. The van der Waals surface area contributed by atoms with Gasteiger partial charge in [-0.15, -0.1) is 0 Å². The van der Waals surface area contributed by atoms with E-state index >= 15 is 0 Å². The van der Waals surface area contributed by atoms with Crippen molar-refractivity contribution >= 4 is 55.1 Å². The fraction of sp³-hybridized carbons (Fsp3) is 0.235. The number of carbonyl (C=O) groups is 2. The second-order valence-corrected chi connectivity index (χ2v) is 13.7. The number of halogens is 2. The number of carbonyl (C=O) groups excluding carboxylic acids is 2. The van der Waals surface area contributed by atoms with Gasteiger partial charge < -0.3 is 10.2 Å². The molecule has 0 aliphatic heterocycles. The summed E-state index contributed by atoms with van der Waals surface area (Å²) in [5.74, 6) is -0.850. The monoisotopic (exact) mass is 695 g/mol. The van der Waals surface area contributed by atoms with Crippen molar-refractivity contribution in [3.63, 3.8) is 0 Å². The Bertz CT molecular complexity index is 1720. The first-order valence-corrected chi connectivity index (χ1v) is 16.8. The van der Waals surface area contributed by atoms with Gasteiger partial charge in [0.25, 0.3) is 10.0 Å². The lowest BCUT2D eigenvalue weighted by molar-refractivity contribution is -0.140. The van der Waals surface area contributed by atoms with Gasteiger partial charge in [-0.3, -0.25) is 13.9 Å². The standard InChI is InChI=1S/C34H35BrClN3O4S/c1-4-37-34(41)32(21-26-9-6-5-7-10-26)38(22-27-11-8-12-28(35)20-27)33(40)23-39(31-18-15-29(36)19-25(31)3)44(42,43)30-16-13-24(2)14-17-30/h5-20,32H,4,21-23H2,1-3H3,(H,37,41). The highest BCUT2D eigenvalue weighted by molar-refractivity contribution is 9.10. The van der Waals surface area contributed by atoms with Crippen LogP contribution in [0.1, 0.15) is 29.2 Å². The molecule has 1 N–H and O–H groups in total. The highest BCUT2D eigenvalue weighted by Crippen LogP contribution is 2.30. The molecule has 7 nitrogen and oxygen atoms in total. The van der Waals surface area contributed by atoms with Gasteiger partial charge in [0.1, 0.15) is 12.6 Å². The van der Waals surface area contributed by atoms with Crippen molar-refractivity contribution in [2.75, 3.05) is 17.4 Å². The van der Waals surface area contributed by atoms with Crippen molar-refractivity contribution in [1.29, 1.82) is 0 Å². The molecule has 0 fully saturated rings. The van der Waals surface area contributed by atoms with Crippen LogP contribution in [0.2, 0.25) is 5.02 Å². The van der Waals surface area contributed by atoms with E-state index < -0.39 is 28.5 Å². The molecule has 0 spiro atoms. The number of benzene rings is 4. The molecule has 1 atom stereocenters. The Balaban J connectivity index is 1.82. The summed E-state index contributed by atoms with van der Waals surface area (Å²) in [7, 11) is -4.19. The number of hydrogen-bond donors (Lipinski definition) is 1. The fourth-order valence-corrected chi connectivity index (χ4v) is 7.08. The maximum absolute atomic E-state index is 14.5. The molecule has 2 amide bonds. The first kappa shape index (κ1) is 33.2. The lowest BCUT2D eigenvalue weighted by Crippen LogP contribution is -2.53. The molecular formula is C34H35BrClN3O4S. The summed E-state index contributed by atoms with van der Waals surface area (Å²) < 4.78 is 30.3. The Kier molecular flexibility index (Phi) is 11.2. The molecule has 4 rings (SSSR count). The van der Waals surface area contributed by atoms with Crippen molar-refractivity contribution in [2.45, 2.75) is 44.7 Å². The summed E-state index contributed by atoms with van der Waals surface area (Å²) in [4.78, 5) is 29.6. The van der Waals surface area contributed by atoms with Gasteiger partial charge in [0, 0.05) is 29.0 Å². The molecule has 0 bridgehead atoms. The first-order valence-electron chi connectivity index (χ1n) is 14.2. The molecule has 4 aromatic carbocycles. The van der Waals surface area contributed by atoms with E-state index in [2.05, 4.69) is 21.2 Å². The zero-order chi connectivity index (χ0) is 31.9. The highest BCUT2D eigenvalue weighted by atomic mass is 79.9. The minimum atomic E-state index is -4.19. The van der Waals surface area contributed by atoms with Crippen LogP contribution in [0.4, 0.5) is 5.69 Å². The SMILES string of the molecule is CCNC(=O)C(Cc1ccccc1)N(Cc1cccc(Br)c1)C(=O)CN(c1ccc(Cl)cc1C)S(=O)(=O)c1ccc(C)cc1. The summed E-state index contributed by atoms with van der Waals surface area (Å²) in [6, 6.07) is 27.4. The third-order valence-electron chi connectivity index (χ3n) is 7.18. The van der Waals surface area contributed by atoms with E-state index in [1.807, 2.05) is 68.4 Å². The van der Waals surface area contributed by atoms with Crippen LogP contribution in [0.15, 0.2) is 106 Å². The van der Waals surface area contributed by atoms with Crippen LogP contribution in [0.3, 0.4) is 0 Å². The van der Waals surface area contributed by atoms with Gasteiger partial charge >= 0.3 is 0 Å². The predicted molar refractivity (Wildman–Crippen MR) is 179 cm³/mol. The Morgan fingerprint density at radius 1 is 0.886 bits per heavy atom. The maximum atomic E-state index is 14.5. The van der Waals surface area contributed by atoms with Crippen molar-refractivity contribution in [1.82, 2.24) is 10.2 Å². The molecule has 10 heteroatoms. The van der Waals surface area contributed by atoms with Gasteiger partial charge in [-0.25, -0.2) is 8.42 Å². The van der Waals surface area contributed by atoms with Crippen LogP contribution in [-0.4, -0.2) is 44.3 Å². The van der Waals surface area contributed by atoms with Crippen LogP contribution < -0.4 is 9.62 Å². The molecule has 1 unspecified atom stereocenters. The van der Waals surface area contributed by atoms with E-state index in [4.69, 9.17) is 11.6 Å². The Labute approximate surface area is 273 Å². The molecule has 0 saturated heterocycles. The zero-order valence-corrected chi connectivity index (χ0v) is 28.0.